The van der Waals surface area contributed by atoms with E-state index in [1.54, 1.807) is 0 Å². The molecular weight excluding hydrogens is 404 g/mol. The molecule has 0 heterocycles. The van der Waals surface area contributed by atoms with E-state index in [0.717, 1.165) is 24.0 Å². The minimum atomic E-state index is -0.490. The normalized spacial score (nSPS) is 21.2. The fourth-order valence-corrected chi connectivity index (χ4v) is 4.91. The smallest absolute Gasteiger partial charge is 0.407 e. The lowest BCUT2D eigenvalue weighted by molar-refractivity contribution is 0.0347. The van der Waals surface area contributed by atoms with Crippen LogP contribution in [0.25, 0.3) is 0 Å². The van der Waals surface area contributed by atoms with E-state index in [-0.39, 0.29) is 36.1 Å². The first-order valence-electron chi connectivity index (χ1n) is 11.1. The molecule has 0 saturated heterocycles. The number of carbonyl (C=O) groups is 2. The third-order valence-electron chi connectivity index (χ3n) is 5.95. The summed E-state index contributed by atoms with van der Waals surface area (Å²) in [6.07, 6.45) is 0.648. The van der Waals surface area contributed by atoms with Gasteiger partial charge in [0.1, 0.15) is 13.2 Å². The van der Waals surface area contributed by atoms with Crippen molar-refractivity contribution in [2.24, 2.45) is 10.8 Å². The van der Waals surface area contributed by atoms with Gasteiger partial charge in [-0.1, -0.05) is 88.4 Å². The highest BCUT2D eigenvalue weighted by Gasteiger charge is 2.47. The predicted molar refractivity (Wildman–Crippen MR) is 124 cm³/mol. The molecule has 1 saturated carbocycles. The molecule has 1 aliphatic rings. The molecule has 2 N–H and O–H groups in total. The lowest BCUT2D eigenvalue weighted by atomic mass is 9.61. The van der Waals surface area contributed by atoms with Crippen LogP contribution in [0.15, 0.2) is 60.7 Å². The van der Waals surface area contributed by atoms with E-state index >= 15 is 0 Å². The fourth-order valence-electron chi connectivity index (χ4n) is 4.91. The molecule has 3 rings (SSSR count). The first-order chi connectivity index (χ1) is 15.1. The molecule has 2 atom stereocenters. The second-order valence-electron chi connectivity index (χ2n) is 10.0. The van der Waals surface area contributed by atoms with Gasteiger partial charge in [0.15, 0.2) is 0 Å². The molecule has 1 fully saturated rings. The number of nitrogens with one attached hydrogen (secondary N) is 2. The molecule has 0 aliphatic heterocycles. The summed E-state index contributed by atoms with van der Waals surface area (Å²) in [6, 6.07) is 18.5. The lowest BCUT2D eigenvalue weighted by Gasteiger charge is -2.50. The zero-order valence-corrected chi connectivity index (χ0v) is 19.4. The van der Waals surface area contributed by atoms with Gasteiger partial charge in [0.05, 0.1) is 12.1 Å². The van der Waals surface area contributed by atoms with Crippen molar-refractivity contribution < 1.29 is 19.1 Å². The van der Waals surface area contributed by atoms with Crippen LogP contribution in [0.5, 0.6) is 0 Å². The molecule has 0 unspecified atom stereocenters. The molecule has 0 radical (unpaired) electrons. The number of rotatable bonds is 6. The predicted octanol–water partition coefficient (Wildman–Crippen LogP) is 5.42. The van der Waals surface area contributed by atoms with Crippen molar-refractivity contribution >= 4 is 12.2 Å². The lowest BCUT2D eigenvalue weighted by Crippen LogP contribution is -2.63. The third-order valence-corrected chi connectivity index (χ3v) is 5.95. The molecule has 32 heavy (non-hydrogen) atoms. The zero-order valence-electron chi connectivity index (χ0n) is 19.4. The van der Waals surface area contributed by atoms with Gasteiger partial charge in [-0.2, -0.15) is 0 Å². The highest BCUT2D eigenvalue weighted by Crippen LogP contribution is 2.46. The van der Waals surface area contributed by atoms with Crippen LogP contribution in [0.2, 0.25) is 0 Å². The van der Waals surface area contributed by atoms with E-state index in [2.05, 4.69) is 38.3 Å². The second-order valence-corrected chi connectivity index (χ2v) is 10.0. The summed E-state index contributed by atoms with van der Waals surface area (Å²) in [5, 5.41) is 6.01. The van der Waals surface area contributed by atoms with Gasteiger partial charge in [0.25, 0.3) is 0 Å². The maximum Gasteiger partial charge on any atom is 0.407 e. The summed E-state index contributed by atoms with van der Waals surface area (Å²) in [6.45, 7) is 8.98. The van der Waals surface area contributed by atoms with E-state index in [4.69, 9.17) is 9.47 Å². The molecule has 6 nitrogen and oxygen atoms in total. The molecule has 0 aromatic heterocycles. The topological polar surface area (TPSA) is 76.7 Å². The van der Waals surface area contributed by atoms with Gasteiger partial charge in [-0.05, 0) is 34.8 Å². The van der Waals surface area contributed by atoms with Gasteiger partial charge in [-0.3, -0.25) is 0 Å². The van der Waals surface area contributed by atoms with Crippen LogP contribution >= 0.6 is 0 Å². The molecule has 172 valence electrons. The van der Waals surface area contributed by atoms with Crippen molar-refractivity contribution in [3.8, 4) is 0 Å². The molecule has 2 amide bonds. The average Bonchev–Trinajstić information content (AvgIpc) is 2.74. The van der Waals surface area contributed by atoms with Crippen molar-refractivity contribution in [3.63, 3.8) is 0 Å². The van der Waals surface area contributed by atoms with Crippen LogP contribution < -0.4 is 10.6 Å². The van der Waals surface area contributed by atoms with Gasteiger partial charge in [0, 0.05) is 0 Å². The summed E-state index contributed by atoms with van der Waals surface area (Å²) in [7, 11) is 0. The Labute approximate surface area is 190 Å². The Hall–Kier alpha value is -3.02. The van der Waals surface area contributed by atoms with Crippen molar-refractivity contribution in [1.82, 2.24) is 10.6 Å². The van der Waals surface area contributed by atoms with Crippen LogP contribution in [-0.2, 0) is 22.7 Å². The van der Waals surface area contributed by atoms with Crippen molar-refractivity contribution in [2.75, 3.05) is 0 Å². The highest BCUT2D eigenvalue weighted by molar-refractivity contribution is 5.70. The van der Waals surface area contributed by atoms with Gasteiger partial charge in [0.2, 0.25) is 0 Å². The summed E-state index contributed by atoms with van der Waals surface area (Å²) in [5.74, 6) is 0. The number of carbonyl (C=O) groups excluding carboxylic acids is 2. The Kier molecular flexibility index (Phi) is 7.44. The Balaban J connectivity index is 1.63. The van der Waals surface area contributed by atoms with Crippen molar-refractivity contribution in [1.29, 1.82) is 0 Å². The monoisotopic (exact) mass is 438 g/mol. The number of benzene rings is 2. The molecule has 0 spiro atoms. The number of amides is 2. The minimum absolute atomic E-state index is 0.00694. The Morgan fingerprint density at radius 3 is 1.78 bits per heavy atom. The summed E-state index contributed by atoms with van der Waals surface area (Å²) in [5.41, 5.74) is 1.61. The van der Waals surface area contributed by atoms with E-state index in [1.807, 2.05) is 60.7 Å². The molecule has 1 aliphatic carbocycles. The first-order valence-corrected chi connectivity index (χ1v) is 11.1. The number of ether oxygens (including phenoxy) is 2. The van der Waals surface area contributed by atoms with E-state index in [0.29, 0.717) is 0 Å². The first kappa shape index (κ1) is 23.6. The van der Waals surface area contributed by atoms with Crippen LogP contribution in [0.3, 0.4) is 0 Å². The van der Waals surface area contributed by atoms with Gasteiger partial charge < -0.3 is 20.1 Å². The van der Waals surface area contributed by atoms with Crippen LogP contribution in [0, 0.1) is 10.8 Å². The fraction of sp³-hybridized carbons (Fsp3) is 0.462. The van der Waals surface area contributed by atoms with Crippen LogP contribution in [0.4, 0.5) is 9.59 Å². The Morgan fingerprint density at radius 2 is 1.28 bits per heavy atom. The molecular formula is C26H34N2O4. The summed E-state index contributed by atoms with van der Waals surface area (Å²) in [4.78, 5) is 25.2. The molecule has 2 aromatic rings. The van der Waals surface area contributed by atoms with Crippen LogP contribution in [-0.4, -0.2) is 24.3 Å². The summed E-state index contributed by atoms with van der Waals surface area (Å²) < 4.78 is 10.9. The minimum Gasteiger partial charge on any atom is -0.445 e. The van der Waals surface area contributed by atoms with E-state index in [9.17, 15) is 9.59 Å². The zero-order chi connectivity index (χ0) is 23.2. The molecule has 6 heteroatoms. The quantitative estimate of drug-likeness (QED) is 0.631. The Bertz CT molecular complexity index is 897. The maximum absolute atomic E-state index is 12.6. The van der Waals surface area contributed by atoms with E-state index in [1.165, 1.54) is 0 Å². The largest absolute Gasteiger partial charge is 0.445 e. The van der Waals surface area contributed by atoms with Gasteiger partial charge in [-0.25, -0.2) is 9.59 Å². The highest BCUT2D eigenvalue weighted by atomic mass is 16.6. The second kappa shape index (κ2) is 10.1. The SMILES string of the molecule is CC1(C)C[C@H](NC(=O)OCc2ccccc2)[C@@H](NC(=O)OCc2ccccc2)C(C)(C)C1. The maximum atomic E-state index is 12.6. The number of hydrogen-bond acceptors (Lipinski definition) is 4. The standard InChI is InChI=1S/C26H34N2O4/c1-25(2)15-21(27-23(29)31-16-19-11-7-5-8-12-19)22(26(3,4)18-25)28-24(30)32-17-20-13-9-6-10-14-20/h5-14,21-22H,15-18H2,1-4H3,(H,27,29)(H,28,30)/t21-,22+/m0/s1. The number of alkyl carbamates (subject to hydrolysis) is 2. The molecule has 2 aromatic carbocycles. The van der Waals surface area contributed by atoms with Gasteiger partial charge >= 0.3 is 12.2 Å². The van der Waals surface area contributed by atoms with Crippen LogP contribution in [0.1, 0.15) is 51.7 Å². The molecule has 0 bridgehead atoms. The summed E-state index contributed by atoms with van der Waals surface area (Å²) >= 11 is 0. The van der Waals surface area contributed by atoms with Crippen molar-refractivity contribution in [2.45, 2.75) is 65.8 Å². The number of hydrogen-bond donors (Lipinski definition) is 2. The van der Waals surface area contributed by atoms with Gasteiger partial charge in [-0.15, -0.1) is 0 Å². The third kappa shape index (κ3) is 6.74. The van der Waals surface area contributed by atoms with Crippen molar-refractivity contribution in [3.05, 3.63) is 71.8 Å². The average molecular weight is 439 g/mol. The van der Waals surface area contributed by atoms with E-state index < -0.39 is 12.2 Å². The Morgan fingerprint density at radius 1 is 0.812 bits per heavy atom.